The first-order chi connectivity index (χ1) is 13.1. The third-order valence-corrected chi connectivity index (χ3v) is 3.99. The predicted molar refractivity (Wildman–Crippen MR) is 107 cm³/mol. The molecule has 2 aromatic carbocycles. The number of hydrogen-bond acceptors (Lipinski definition) is 4. The number of nitrogens with zero attached hydrogens (tertiary/aromatic N) is 1. The van der Waals surface area contributed by atoms with Crippen LogP contribution in [0.15, 0.2) is 61.2 Å². The minimum absolute atomic E-state index is 0.104. The van der Waals surface area contributed by atoms with E-state index in [1.54, 1.807) is 50.5 Å². The van der Waals surface area contributed by atoms with Gasteiger partial charge in [0.1, 0.15) is 17.2 Å². The van der Waals surface area contributed by atoms with Crippen molar-refractivity contribution in [2.75, 3.05) is 27.9 Å². The summed E-state index contributed by atoms with van der Waals surface area (Å²) in [7, 11) is 4.81. The van der Waals surface area contributed by atoms with E-state index in [2.05, 4.69) is 6.58 Å². The standard InChI is InChI=1S/C22H25NO4/c1-5-12-23(16-17-6-9-19(25-2)10-7-17)22(24)11-8-18-13-20(26-3)15-21(14-18)27-4/h5-11,13-15H,1,12,16H2,2-4H3/b11-8+. The van der Waals surface area contributed by atoms with Crippen LogP contribution in [0.5, 0.6) is 17.2 Å². The first-order valence-electron chi connectivity index (χ1n) is 8.53. The van der Waals surface area contributed by atoms with Gasteiger partial charge < -0.3 is 19.1 Å². The van der Waals surface area contributed by atoms with E-state index >= 15 is 0 Å². The normalized spacial score (nSPS) is 10.5. The molecule has 0 fully saturated rings. The van der Waals surface area contributed by atoms with Gasteiger partial charge in [-0.05, 0) is 41.5 Å². The number of carbonyl (C=O) groups is 1. The van der Waals surface area contributed by atoms with E-state index in [9.17, 15) is 4.79 Å². The molecule has 0 heterocycles. The van der Waals surface area contributed by atoms with Crippen molar-refractivity contribution in [3.63, 3.8) is 0 Å². The zero-order chi connectivity index (χ0) is 19.6. The van der Waals surface area contributed by atoms with Gasteiger partial charge in [0.2, 0.25) is 5.91 Å². The highest BCUT2D eigenvalue weighted by Crippen LogP contribution is 2.23. The minimum atomic E-state index is -0.104. The smallest absolute Gasteiger partial charge is 0.247 e. The zero-order valence-electron chi connectivity index (χ0n) is 16.0. The number of ether oxygens (including phenoxy) is 3. The molecule has 0 unspecified atom stereocenters. The lowest BCUT2D eigenvalue weighted by Gasteiger charge is -2.19. The largest absolute Gasteiger partial charge is 0.497 e. The van der Waals surface area contributed by atoms with Crippen LogP contribution >= 0.6 is 0 Å². The summed E-state index contributed by atoms with van der Waals surface area (Å²) in [6, 6.07) is 13.1. The quantitative estimate of drug-likeness (QED) is 0.498. The topological polar surface area (TPSA) is 48.0 Å². The summed E-state index contributed by atoms with van der Waals surface area (Å²) < 4.78 is 15.7. The van der Waals surface area contributed by atoms with Crippen LogP contribution in [0, 0.1) is 0 Å². The maximum Gasteiger partial charge on any atom is 0.247 e. The zero-order valence-corrected chi connectivity index (χ0v) is 16.0. The second-order valence-electron chi connectivity index (χ2n) is 5.83. The number of methoxy groups -OCH3 is 3. The molecule has 27 heavy (non-hydrogen) atoms. The molecule has 0 saturated heterocycles. The van der Waals surface area contributed by atoms with Crippen LogP contribution in [0.25, 0.3) is 6.08 Å². The molecule has 2 aromatic rings. The summed E-state index contributed by atoms with van der Waals surface area (Å²) in [6.45, 7) is 4.69. The van der Waals surface area contributed by atoms with Crippen LogP contribution < -0.4 is 14.2 Å². The Morgan fingerprint density at radius 3 is 2.07 bits per heavy atom. The molecule has 0 aliphatic carbocycles. The number of rotatable bonds is 9. The highest BCUT2D eigenvalue weighted by Gasteiger charge is 2.10. The molecule has 2 rings (SSSR count). The highest BCUT2D eigenvalue weighted by molar-refractivity contribution is 5.92. The molecule has 0 bridgehead atoms. The van der Waals surface area contributed by atoms with Gasteiger partial charge in [0.25, 0.3) is 0 Å². The Morgan fingerprint density at radius 2 is 1.56 bits per heavy atom. The Labute approximate surface area is 160 Å². The van der Waals surface area contributed by atoms with Crippen LogP contribution in [0.4, 0.5) is 0 Å². The third-order valence-electron chi connectivity index (χ3n) is 3.99. The van der Waals surface area contributed by atoms with E-state index in [4.69, 9.17) is 14.2 Å². The SMILES string of the molecule is C=CCN(Cc1ccc(OC)cc1)C(=O)/C=C/c1cc(OC)cc(OC)c1. The highest BCUT2D eigenvalue weighted by atomic mass is 16.5. The van der Waals surface area contributed by atoms with E-state index in [-0.39, 0.29) is 5.91 Å². The molecular formula is C22H25NO4. The van der Waals surface area contributed by atoms with Gasteiger partial charge >= 0.3 is 0 Å². The predicted octanol–water partition coefficient (Wildman–Crippen LogP) is 3.94. The maximum absolute atomic E-state index is 12.6. The summed E-state index contributed by atoms with van der Waals surface area (Å²) in [5, 5.41) is 0. The lowest BCUT2D eigenvalue weighted by molar-refractivity contribution is -0.126. The second kappa shape index (κ2) is 10.1. The first kappa shape index (κ1) is 20.1. The van der Waals surface area contributed by atoms with Crippen molar-refractivity contribution in [1.29, 1.82) is 0 Å². The third kappa shape index (κ3) is 5.92. The molecule has 5 nitrogen and oxygen atoms in total. The van der Waals surface area contributed by atoms with E-state index in [0.29, 0.717) is 24.6 Å². The Kier molecular flexibility index (Phi) is 7.49. The number of carbonyl (C=O) groups excluding carboxylic acids is 1. The van der Waals surface area contributed by atoms with Crippen molar-refractivity contribution in [2.45, 2.75) is 6.54 Å². The van der Waals surface area contributed by atoms with Gasteiger partial charge in [0.15, 0.2) is 0 Å². The van der Waals surface area contributed by atoms with Gasteiger partial charge in [-0.15, -0.1) is 6.58 Å². The van der Waals surface area contributed by atoms with E-state index in [1.807, 2.05) is 36.4 Å². The average molecular weight is 367 g/mol. The van der Waals surface area contributed by atoms with E-state index in [1.165, 1.54) is 0 Å². The fourth-order valence-corrected chi connectivity index (χ4v) is 2.54. The van der Waals surface area contributed by atoms with Crippen molar-refractivity contribution in [2.24, 2.45) is 0 Å². The molecule has 0 saturated carbocycles. The number of hydrogen-bond donors (Lipinski definition) is 0. The molecule has 0 N–H and O–H groups in total. The monoisotopic (exact) mass is 367 g/mol. The Hall–Kier alpha value is -3.21. The van der Waals surface area contributed by atoms with Crippen molar-refractivity contribution in [3.05, 3.63) is 72.3 Å². The van der Waals surface area contributed by atoms with Gasteiger partial charge in [0.05, 0.1) is 21.3 Å². The lowest BCUT2D eigenvalue weighted by atomic mass is 10.1. The van der Waals surface area contributed by atoms with Crippen molar-refractivity contribution in [3.8, 4) is 17.2 Å². The van der Waals surface area contributed by atoms with Crippen LogP contribution in [0.3, 0.4) is 0 Å². The summed E-state index contributed by atoms with van der Waals surface area (Å²) in [5.41, 5.74) is 1.84. The minimum Gasteiger partial charge on any atom is -0.497 e. The summed E-state index contributed by atoms with van der Waals surface area (Å²) >= 11 is 0. The van der Waals surface area contributed by atoms with Gasteiger partial charge in [-0.1, -0.05) is 18.2 Å². The summed E-state index contributed by atoms with van der Waals surface area (Å²) in [4.78, 5) is 14.4. The average Bonchev–Trinajstić information content (AvgIpc) is 2.71. The van der Waals surface area contributed by atoms with Crippen molar-refractivity contribution >= 4 is 12.0 Å². The van der Waals surface area contributed by atoms with Crippen LogP contribution in [0.2, 0.25) is 0 Å². The van der Waals surface area contributed by atoms with Crippen molar-refractivity contribution < 1.29 is 19.0 Å². The first-order valence-corrected chi connectivity index (χ1v) is 8.53. The molecule has 0 aliphatic heterocycles. The van der Waals surface area contributed by atoms with E-state index in [0.717, 1.165) is 16.9 Å². The summed E-state index contributed by atoms with van der Waals surface area (Å²) in [6.07, 6.45) is 5.00. The molecule has 1 amide bonds. The number of amides is 1. The van der Waals surface area contributed by atoms with E-state index < -0.39 is 0 Å². The summed E-state index contributed by atoms with van der Waals surface area (Å²) in [5.74, 6) is 2.02. The maximum atomic E-state index is 12.6. The Balaban J connectivity index is 2.13. The van der Waals surface area contributed by atoms with Crippen LogP contribution in [-0.2, 0) is 11.3 Å². The Morgan fingerprint density at radius 1 is 0.963 bits per heavy atom. The molecule has 0 aromatic heterocycles. The van der Waals surface area contributed by atoms with Gasteiger partial charge in [-0.25, -0.2) is 0 Å². The molecule has 0 atom stereocenters. The van der Waals surface area contributed by atoms with Gasteiger partial charge in [-0.3, -0.25) is 4.79 Å². The fourth-order valence-electron chi connectivity index (χ4n) is 2.54. The molecule has 5 heteroatoms. The molecule has 142 valence electrons. The van der Waals surface area contributed by atoms with Gasteiger partial charge in [0, 0.05) is 25.2 Å². The van der Waals surface area contributed by atoms with Crippen molar-refractivity contribution in [1.82, 2.24) is 4.90 Å². The molecule has 0 spiro atoms. The number of benzene rings is 2. The lowest BCUT2D eigenvalue weighted by Crippen LogP contribution is -2.29. The molecule has 0 aliphatic rings. The fraction of sp³-hybridized carbons (Fsp3) is 0.227. The van der Waals surface area contributed by atoms with Crippen LogP contribution in [-0.4, -0.2) is 38.7 Å². The molecule has 0 radical (unpaired) electrons. The Bertz CT molecular complexity index is 774. The van der Waals surface area contributed by atoms with Gasteiger partial charge in [-0.2, -0.15) is 0 Å². The van der Waals surface area contributed by atoms with Crippen LogP contribution in [0.1, 0.15) is 11.1 Å². The second-order valence-corrected chi connectivity index (χ2v) is 5.83. The molecular weight excluding hydrogens is 342 g/mol.